The normalized spacial score (nSPS) is 17.5. The Bertz CT molecular complexity index is 917. The Kier molecular flexibility index (Phi) is 42.3. The second kappa shape index (κ2) is 43.7. The number of hydrogen-bond donors (Lipinski definition) is 0. The van der Waals surface area contributed by atoms with Gasteiger partial charge in [-0.05, 0) is 77.0 Å². The second-order valence-electron chi connectivity index (χ2n) is 19.2. The van der Waals surface area contributed by atoms with Crippen LogP contribution in [0.25, 0.3) is 0 Å². The number of hydrogen-bond acceptors (Lipinski definition) is 12. The molecule has 0 spiro atoms. The summed E-state index contributed by atoms with van der Waals surface area (Å²) in [5.74, 6) is 1.49. The van der Waals surface area contributed by atoms with Crippen LogP contribution in [0, 0.1) is 17.8 Å². The molecule has 0 radical (unpaired) electrons. The third-order valence-electron chi connectivity index (χ3n) is 12.8. The standard InChI is InChI=1S/2C24H51B3O6/c1-7-10-13-16-19-22(4)28-25-31-26(29-23(5)20-17-14-11-8-2)33-27(32-25)30-24(6)21-18-15-12-9-3;1-7-13-16-22(10-4)19-28-25-31-26(29-20-23(11-5)17-14-8-2)33-27(32-25)30-21-24(12-6)18-15-9-3/h2*22-24H,7-21H2,1-6H3. The molecule has 2 fully saturated rings. The summed E-state index contributed by atoms with van der Waals surface area (Å²) >= 11 is 0. The maximum Gasteiger partial charge on any atom is 0.615 e. The molecule has 0 aromatic rings. The summed E-state index contributed by atoms with van der Waals surface area (Å²) in [6.45, 7) is 27.9. The van der Waals surface area contributed by atoms with Crippen molar-refractivity contribution >= 4 is 43.9 Å². The molecule has 6 unspecified atom stereocenters. The van der Waals surface area contributed by atoms with Crippen molar-refractivity contribution in [2.24, 2.45) is 17.8 Å². The van der Waals surface area contributed by atoms with E-state index in [9.17, 15) is 0 Å². The van der Waals surface area contributed by atoms with Crippen LogP contribution in [0.3, 0.4) is 0 Å². The maximum atomic E-state index is 6.04. The Morgan fingerprint density at radius 1 is 0.288 bits per heavy atom. The largest absolute Gasteiger partial charge is 0.615 e. The van der Waals surface area contributed by atoms with E-state index in [0.717, 1.165) is 77.0 Å². The highest BCUT2D eigenvalue weighted by atomic mass is 16.9. The van der Waals surface area contributed by atoms with Gasteiger partial charge in [-0.2, -0.15) is 0 Å². The van der Waals surface area contributed by atoms with Crippen LogP contribution in [-0.2, 0) is 55.4 Å². The Hall–Kier alpha value is -0.0904. The molecule has 6 atom stereocenters. The van der Waals surface area contributed by atoms with Crippen molar-refractivity contribution in [2.75, 3.05) is 19.8 Å². The monoisotopic (exact) mass is 937 g/mol. The number of rotatable bonds is 42. The lowest BCUT2D eigenvalue weighted by Gasteiger charge is -2.32. The summed E-state index contributed by atoms with van der Waals surface area (Å²) in [5, 5.41) is 0. The predicted octanol–water partition coefficient (Wildman–Crippen LogP) is 13.8. The third-order valence-corrected chi connectivity index (χ3v) is 12.8. The molecule has 0 aromatic heterocycles. The predicted molar refractivity (Wildman–Crippen MR) is 277 cm³/mol. The lowest BCUT2D eigenvalue weighted by molar-refractivity contribution is 0.0244. The van der Waals surface area contributed by atoms with E-state index in [1.165, 1.54) is 96.3 Å². The first-order valence-electron chi connectivity index (χ1n) is 27.8. The molecule has 2 saturated heterocycles. The van der Waals surface area contributed by atoms with Gasteiger partial charge in [0.2, 0.25) is 0 Å². The summed E-state index contributed by atoms with van der Waals surface area (Å²) in [6.07, 6.45) is 31.5. The molecular weight excluding hydrogens is 833 g/mol. The van der Waals surface area contributed by atoms with Gasteiger partial charge < -0.3 is 55.4 Å². The summed E-state index contributed by atoms with van der Waals surface area (Å²) in [7, 11) is -5.07. The molecular formula is C48H102B6O12. The van der Waals surface area contributed by atoms with Crippen LogP contribution in [0.1, 0.15) is 256 Å². The van der Waals surface area contributed by atoms with Crippen LogP contribution in [0.2, 0.25) is 0 Å². The van der Waals surface area contributed by atoms with Gasteiger partial charge in [0.1, 0.15) is 0 Å². The third kappa shape index (κ3) is 33.5. The summed E-state index contributed by atoms with van der Waals surface area (Å²) in [5.41, 5.74) is 0. The Balaban J connectivity index is 0.000000660. The first kappa shape index (κ1) is 63.9. The van der Waals surface area contributed by atoms with E-state index in [4.69, 9.17) is 55.4 Å². The fourth-order valence-corrected chi connectivity index (χ4v) is 7.85. The molecule has 0 aromatic carbocycles. The average Bonchev–Trinajstić information content (AvgIpc) is 3.31. The van der Waals surface area contributed by atoms with E-state index in [1.807, 2.05) is 0 Å². The average molecular weight is 936 g/mol. The smallest absolute Gasteiger partial charge is 0.400 e. The molecule has 2 aliphatic heterocycles. The number of unbranched alkanes of at least 4 members (excludes halogenated alkanes) is 12. The Morgan fingerprint density at radius 2 is 0.530 bits per heavy atom. The summed E-state index contributed by atoms with van der Waals surface area (Å²) in [4.78, 5) is 0. The van der Waals surface area contributed by atoms with E-state index in [2.05, 4.69) is 83.1 Å². The lowest BCUT2D eigenvalue weighted by Crippen LogP contribution is -2.54. The van der Waals surface area contributed by atoms with Gasteiger partial charge in [0.25, 0.3) is 0 Å². The van der Waals surface area contributed by atoms with Gasteiger partial charge in [-0.1, -0.05) is 197 Å². The molecule has 384 valence electrons. The molecule has 0 bridgehead atoms. The van der Waals surface area contributed by atoms with E-state index in [0.29, 0.717) is 37.6 Å². The van der Waals surface area contributed by atoms with Gasteiger partial charge in [0.05, 0.1) is 0 Å². The fourth-order valence-electron chi connectivity index (χ4n) is 7.85. The van der Waals surface area contributed by atoms with Crippen molar-refractivity contribution in [1.29, 1.82) is 0 Å². The highest BCUT2D eigenvalue weighted by molar-refractivity contribution is 6.67. The fraction of sp³-hybridized carbons (Fsp3) is 1.00. The van der Waals surface area contributed by atoms with Crippen molar-refractivity contribution < 1.29 is 55.4 Å². The SMILES string of the molecule is CCCCC(CC)COB1OB(OCC(CC)CCCC)OB(OCC(CC)CCCC)O1.CCCCCCC(C)OB1OB(OC(C)CCCCCC)OB(OC(C)CCCCCC)O1. The van der Waals surface area contributed by atoms with Crippen LogP contribution in [-0.4, -0.2) is 82.1 Å². The maximum absolute atomic E-state index is 6.04. The van der Waals surface area contributed by atoms with Crippen molar-refractivity contribution in [1.82, 2.24) is 0 Å². The van der Waals surface area contributed by atoms with Gasteiger partial charge in [-0.3, -0.25) is 0 Å². The molecule has 0 aliphatic carbocycles. The molecule has 66 heavy (non-hydrogen) atoms. The first-order chi connectivity index (χ1) is 32.1. The zero-order valence-electron chi connectivity index (χ0n) is 45.0. The molecule has 2 rings (SSSR count). The van der Waals surface area contributed by atoms with Crippen molar-refractivity contribution in [3.05, 3.63) is 0 Å². The minimum absolute atomic E-state index is 0.0317. The summed E-state index contributed by atoms with van der Waals surface area (Å²) < 4.78 is 71.2. The second-order valence-corrected chi connectivity index (χ2v) is 19.2. The van der Waals surface area contributed by atoms with E-state index < -0.39 is 43.9 Å². The molecule has 18 heteroatoms. The van der Waals surface area contributed by atoms with E-state index in [-0.39, 0.29) is 18.3 Å². The first-order valence-corrected chi connectivity index (χ1v) is 27.8. The van der Waals surface area contributed by atoms with Crippen LogP contribution >= 0.6 is 0 Å². The molecule has 0 N–H and O–H groups in total. The van der Waals surface area contributed by atoms with Gasteiger partial charge in [-0.15, -0.1) is 0 Å². The van der Waals surface area contributed by atoms with Crippen LogP contribution in [0.5, 0.6) is 0 Å². The van der Waals surface area contributed by atoms with Crippen LogP contribution in [0.4, 0.5) is 0 Å². The Labute approximate surface area is 410 Å². The minimum Gasteiger partial charge on any atom is -0.400 e. The molecule has 0 saturated carbocycles. The topological polar surface area (TPSA) is 111 Å². The molecule has 2 heterocycles. The van der Waals surface area contributed by atoms with Crippen LogP contribution < -0.4 is 0 Å². The van der Waals surface area contributed by atoms with Gasteiger partial charge in [0, 0.05) is 38.1 Å². The minimum atomic E-state index is -0.852. The zero-order valence-corrected chi connectivity index (χ0v) is 45.0. The highest BCUT2D eigenvalue weighted by Gasteiger charge is 2.49. The van der Waals surface area contributed by atoms with Crippen molar-refractivity contribution in [3.63, 3.8) is 0 Å². The van der Waals surface area contributed by atoms with E-state index in [1.54, 1.807) is 0 Å². The van der Waals surface area contributed by atoms with Crippen molar-refractivity contribution in [2.45, 2.75) is 275 Å². The molecule has 0 amide bonds. The molecule has 2 aliphatic rings. The van der Waals surface area contributed by atoms with Crippen LogP contribution in [0.15, 0.2) is 0 Å². The quantitative estimate of drug-likeness (QED) is 0.0429. The zero-order chi connectivity index (χ0) is 48.6. The van der Waals surface area contributed by atoms with Gasteiger partial charge in [-0.25, -0.2) is 0 Å². The summed E-state index contributed by atoms with van der Waals surface area (Å²) in [6, 6.07) is 0. The molecule has 12 nitrogen and oxygen atoms in total. The lowest BCUT2D eigenvalue weighted by atomic mass is 9.94. The van der Waals surface area contributed by atoms with E-state index >= 15 is 0 Å². The van der Waals surface area contributed by atoms with Gasteiger partial charge >= 0.3 is 43.9 Å². The highest BCUT2D eigenvalue weighted by Crippen LogP contribution is 2.22. The Morgan fingerprint density at radius 3 is 0.758 bits per heavy atom. The van der Waals surface area contributed by atoms with Gasteiger partial charge in [0.15, 0.2) is 0 Å². The van der Waals surface area contributed by atoms with Crippen molar-refractivity contribution in [3.8, 4) is 0 Å².